The minimum absolute atomic E-state index is 0.169. The summed E-state index contributed by atoms with van der Waals surface area (Å²) in [4.78, 5) is 9.19. The third kappa shape index (κ3) is 4.62. The fraction of sp³-hybridized carbons (Fsp3) is 0.722. The number of nitrogens with one attached hydrogen (secondary N) is 3. The second kappa shape index (κ2) is 8.86. The topological polar surface area (TPSA) is 108 Å². The maximum Gasteiger partial charge on any atom is 0.226 e. The van der Waals surface area contributed by atoms with Crippen LogP contribution in [0.25, 0.3) is 0 Å². The van der Waals surface area contributed by atoms with E-state index in [4.69, 9.17) is 29.6 Å². The van der Waals surface area contributed by atoms with Crippen LogP contribution in [0, 0.1) is 17.8 Å². The lowest BCUT2D eigenvalue weighted by Gasteiger charge is -2.25. The number of rotatable bonds is 6. The van der Waals surface area contributed by atoms with E-state index in [0.29, 0.717) is 35.2 Å². The van der Waals surface area contributed by atoms with Crippen molar-refractivity contribution in [3.8, 4) is 0 Å². The second-order valence-corrected chi connectivity index (χ2v) is 8.54. The number of hydrogen-bond donors (Lipinski definition) is 5. The summed E-state index contributed by atoms with van der Waals surface area (Å²) in [6.07, 6.45) is 2.89. The van der Waals surface area contributed by atoms with Crippen molar-refractivity contribution in [2.45, 2.75) is 45.2 Å². The van der Waals surface area contributed by atoms with Gasteiger partial charge in [0.1, 0.15) is 16.0 Å². The summed E-state index contributed by atoms with van der Waals surface area (Å²) in [5.74, 6) is 2.14. The Bertz CT molecular complexity index is 684. The number of anilines is 2. The van der Waals surface area contributed by atoms with Crippen LogP contribution in [0.4, 0.5) is 11.8 Å². The first-order valence-electron chi connectivity index (χ1n) is 9.62. The number of hydrogen-bond acceptors (Lipinski definition) is 7. The van der Waals surface area contributed by atoms with Gasteiger partial charge >= 0.3 is 0 Å². The van der Waals surface area contributed by atoms with E-state index in [1.54, 1.807) is 0 Å². The minimum atomic E-state index is 0.169. The molecule has 27 heavy (non-hydrogen) atoms. The average molecular weight is 413 g/mol. The summed E-state index contributed by atoms with van der Waals surface area (Å²) in [7, 11) is 0. The Kier molecular flexibility index (Phi) is 6.73. The molecule has 0 aromatic carbocycles. The highest BCUT2D eigenvalue weighted by Gasteiger charge is 2.38. The van der Waals surface area contributed by atoms with E-state index in [-0.39, 0.29) is 28.7 Å². The molecule has 2 fully saturated rings. The largest absolute Gasteiger partial charge is 0.396 e. The molecule has 4 atom stereocenters. The molecule has 150 valence electrons. The fourth-order valence-corrected chi connectivity index (χ4v) is 4.65. The summed E-state index contributed by atoms with van der Waals surface area (Å²) in [6.45, 7) is 6.51. The molecule has 1 saturated heterocycles. The van der Waals surface area contributed by atoms with Gasteiger partial charge in [0, 0.05) is 18.7 Å². The van der Waals surface area contributed by atoms with Gasteiger partial charge in [0.2, 0.25) is 5.95 Å². The van der Waals surface area contributed by atoms with Crippen LogP contribution in [0.5, 0.6) is 0 Å². The molecular weight excluding hydrogens is 384 g/mol. The Hall–Kier alpha value is -1.22. The monoisotopic (exact) mass is 412 g/mol. The van der Waals surface area contributed by atoms with Crippen LogP contribution >= 0.6 is 23.8 Å². The molecule has 2 heterocycles. The molecule has 9 heteroatoms. The highest BCUT2D eigenvalue weighted by atomic mass is 35.5. The van der Waals surface area contributed by atoms with Gasteiger partial charge in [-0.1, -0.05) is 37.7 Å². The maximum absolute atomic E-state index is 9.62. The van der Waals surface area contributed by atoms with Crippen LogP contribution in [0.1, 0.15) is 38.7 Å². The predicted molar refractivity (Wildman–Crippen MR) is 113 cm³/mol. The molecule has 0 amide bonds. The Morgan fingerprint density at radius 2 is 1.96 bits per heavy atom. The lowest BCUT2D eigenvalue weighted by molar-refractivity contribution is 0.191. The molecule has 4 unspecified atom stereocenters. The molecule has 0 bridgehead atoms. The van der Waals surface area contributed by atoms with Crippen molar-refractivity contribution < 1.29 is 5.11 Å². The van der Waals surface area contributed by atoms with E-state index in [9.17, 15) is 5.11 Å². The lowest BCUT2D eigenvalue weighted by Crippen LogP contribution is -2.36. The predicted octanol–water partition coefficient (Wildman–Crippen LogP) is 1.99. The highest BCUT2D eigenvalue weighted by Crippen LogP contribution is 2.38. The van der Waals surface area contributed by atoms with Gasteiger partial charge in [0.25, 0.3) is 0 Å². The summed E-state index contributed by atoms with van der Waals surface area (Å²) in [5.41, 5.74) is 6.38. The van der Waals surface area contributed by atoms with E-state index in [1.807, 2.05) is 0 Å². The number of aliphatic hydroxyl groups excluding tert-OH is 1. The average Bonchev–Trinajstić information content (AvgIpc) is 2.89. The van der Waals surface area contributed by atoms with E-state index in [1.165, 1.54) is 0 Å². The fourth-order valence-electron chi connectivity index (χ4n) is 4.13. The molecule has 1 saturated carbocycles. The Balaban J connectivity index is 1.84. The molecule has 0 spiro atoms. The first-order valence-corrected chi connectivity index (χ1v) is 10.4. The number of aromatic nitrogens is 2. The van der Waals surface area contributed by atoms with Crippen LogP contribution in [0.15, 0.2) is 0 Å². The third-order valence-corrected chi connectivity index (χ3v) is 6.58. The number of aliphatic hydroxyl groups is 1. The summed E-state index contributed by atoms with van der Waals surface area (Å²) < 4.78 is 0. The molecule has 1 aliphatic carbocycles. The van der Waals surface area contributed by atoms with Crippen LogP contribution < -0.4 is 21.7 Å². The van der Waals surface area contributed by atoms with Gasteiger partial charge in [-0.25, -0.2) is 4.98 Å². The molecule has 1 aliphatic heterocycles. The lowest BCUT2D eigenvalue weighted by atomic mass is 9.92. The molecule has 1 aromatic rings. The van der Waals surface area contributed by atoms with Gasteiger partial charge in [0.05, 0.1) is 5.56 Å². The van der Waals surface area contributed by atoms with Gasteiger partial charge in [-0.2, -0.15) is 4.98 Å². The van der Waals surface area contributed by atoms with E-state index >= 15 is 0 Å². The first-order chi connectivity index (χ1) is 12.9. The van der Waals surface area contributed by atoms with E-state index in [2.05, 4.69) is 39.8 Å². The maximum atomic E-state index is 9.62. The SMILES string of the molecule is CC1C(CO)CC(Nc2nc(NC3CCNCC3)nc(Cl)c2C(N)=S)C1C. The van der Waals surface area contributed by atoms with Crippen molar-refractivity contribution in [3.05, 3.63) is 10.7 Å². The zero-order chi connectivity index (χ0) is 19.6. The van der Waals surface area contributed by atoms with Gasteiger partial charge in [-0.3, -0.25) is 0 Å². The number of piperidine rings is 1. The molecule has 3 rings (SSSR count). The first kappa shape index (κ1) is 20.5. The van der Waals surface area contributed by atoms with Crippen LogP contribution in [-0.4, -0.2) is 51.8 Å². The number of nitrogens with two attached hydrogens (primary N) is 1. The van der Waals surface area contributed by atoms with E-state index in [0.717, 1.165) is 32.4 Å². The number of halogens is 1. The molecule has 2 aliphatic rings. The van der Waals surface area contributed by atoms with Crippen molar-refractivity contribution in [2.24, 2.45) is 23.5 Å². The van der Waals surface area contributed by atoms with Crippen LogP contribution in [-0.2, 0) is 0 Å². The Labute approximate surface area is 170 Å². The normalized spacial score (nSPS) is 28.9. The van der Waals surface area contributed by atoms with Crippen LogP contribution in [0.2, 0.25) is 5.15 Å². The standard InChI is InChI=1S/C18H29ClN6OS/c1-9-10(2)13(7-11(9)8-26)23-17-14(16(20)27)15(19)24-18(25-17)22-12-3-5-21-6-4-12/h9-13,21,26H,3-8H2,1-2H3,(H2,20,27)(H2,22,23,24,25). The van der Waals surface area contributed by atoms with Gasteiger partial charge in [0.15, 0.2) is 0 Å². The Morgan fingerprint density at radius 3 is 2.56 bits per heavy atom. The van der Waals surface area contributed by atoms with Gasteiger partial charge < -0.3 is 26.8 Å². The molecule has 1 aromatic heterocycles. The summed E-state index contributed by atoms with van der Waals surface area (Å²) >= 11 is 11.6. The Morgan fingerprint density at radius 1 is 1.26 bits per heavy atom. The van der Waals surface area contributed by atoms with Gasteiger partial charge in [-0.05, 0) is 50.1 Å². The smallest absolute Gasteiger partial charge is 0.226 e. The third-order valence-electron chi connectivity index (χ3n) is 6.10. The molecule has 0 radical (unpaired) electrons. The van der Waals surface area contributed by atoms with Crippen molar-refractivity contribution in [3.63, 3.8) is 0 Å². The molecule has 6 N–H and O–H groups in total. The van der Waals surface area contributed by atoms with Crippen LogP contribution in [0.3, 0.4) is 0 Å². The number of nitrogens with zero attached hydrogens (tertiary/aromatic N) is 2. The van der Waals surface area contributed by atoms with Crippen molar-refractivity contribution in [1.29, 1.82) is 0 Å². The quantitative estimate of drug-likeness (QED) is 0.356. The molecular formula is C18H29ClN6OS. The van der Waals surface area contributed by atoms with Crippen molar-refractivity contribution in [1.82, 2.24) is 15.3 Å². The van der Waals surface area contributed by atoms with Crippen molar-refractivity contribution in [2.75, 3.05) is 30.3 Å². The zero-order valence-electron chi connectivity index (χ0n) is 15.8. The second-order valence-electron chi connectivity index (χ2n) is 7.74. The minimum Gasteiger partial charge on any atom is -0.396 e. The van der Waals surface area contributed by atoms with E-state index < -0.39 is 0 Å². The summed E-state index contributed by atoms with van der Waals surface area (Å²) in [6, 6.07) is 0.484. The zero-order valence-corrected chi connectivity index (χ0v) is 17.4. The summed E-state index contributed by atoms with van der Waals surface area (Å²) in [5, 5.41) is 20.1. The van der Waals surface area contributed by atoms with Gasteiger partial charge in [-0.15, -0.1) is 0 Å². The van der Waals surface area contributed by atoms with Crippen molar-refractivity contribution >= 4 is 40.6 Å². The highest BCUT2D eigenvalue weighted by molar-refractivity contribution is 7.80. The number of thiocarbonyl (C=S) groups is 1. The molecule has 7 nitrogen and oxygen atoms in total.